The molecule has 4 rings (SSSR count). The lowest BCUT2D eigenvalue weighted by Gasteiger charge is -2.36. The van der Waals surface area contributed by atoms with E-state index in [1.165, 1.54) is 15.4 Å². The van der Waals surface area contributed by atoms with Crippen LogP contribution in [-0.4, -0.2) is 43.2 Å². The van der Waals surface area contributed by atoms with Crippen LogP contribution in [0.5, 0.6) is 0 Å². The fourth-order valence-corrected chi connectivity index (χ4v) is 6.64. The van der Waals surface area contributed by atoms with Gasteiger partial charge in [0.15, 0.2) is 0 Å². The topological polar surface area (TPSA) is 57.7 Å². The van der Waals surface area contributed by atoms with Gasteiger partial charge in [-0.25, -0.2) is 12.7 Å². The average molecular weight is 467 g/mol. The molecule has 0 bridgehead atoms. The summed E-state index contributed by atoms with van der Waals surface area (Å²) in [4.78, 5) is 15.0. The van der Waals surface area contributed by atoms with Crippen molar-refractivity contribution in [2.75, 3.05) is 19.6 Å². The highest BCUT2D eigenvalue weighted by atomic mass is 35.5. The average Bonchev–Trinajstić information content (AvgIpc) is 2.75. The van der Waals surface area contributed by atoms with Crippen LogP contribution in [0.1, 0.15) is 29.5 Å². The lowest BCUT2D eigenvalue weighted by molar-refractivity contribution is -0.137. The molecule has 1 atom stereocenters. The van der Waals surface area contributed by atoms with Crippen molar-refractivity contribution >= 4 is 39.1 Å². The first-order chi connectivity index (χ1) is 14.3. The minimum absolute atomic E-state index is 0.0418. The Kier molecular flexibility index (Phi) is 6.39. The Hall–Kier alpha value is -1.60. The number of hydrogen-bond acceptors (Lipinski definition) is 3. The summed E-state index contributed by atoms with van der Waals surface area (Å²) in [6.07, 6.45) is 2.20. The van der Waals surface area contributed by atoms with Crippen LogP contribution in [0, 0.1) is 5.92 Å². The Bertz CT molecular complexity index is 1040. The Morgan fingerprint density at radius 2 is 1.70 bits per heavy atom. The van der Waals surface area contributed by atoms with E-state index in [0.29, 0.717) is 48.1 Å². The third kappa shape index (κ3) is 4.52. The Morgan fingerprint density at radius 3 is 2.43 bits per heavy atom. The molecule has 0 spiro atoms. The van der Waals surface area contributed by atoms with Gasteiger partial charge in [-0.3, -0.25) is 4.79 Å². The number of halogens is 2. The van der Waals surface area contributed by atoms with E-state index in [4.69, 9.17) is 23.2 Å². The fourth-order valence-electron chi connectivity index (χ4n) is 4.28. The number of sulfonamides is 1. The van der Waals surface area contributed by atoms with Gasteiger partial charge in [-0.2, -0.15) is 0 Å². The van der Waals surface area contributed by atoms with Crippen molar-refractivity contribution in [3.05, 3.63) is 69.2 Å². The van der Waals surface area contributed by atoms with E-state index in [-0.39, 0.29) is 24.1 Å². The number of amides is 1. The summed E-state index contributed by atoms with van der Waals surface area (Å²) in [5.74, 6) is -0.538. The van der Waals surface area contributed by atoms with Gasteiger partial charge >= 0.3 is 0 Å². The lowest BCUT2D eigenvalue weighted by Crippen LogP contribution is -2.48. The molecular formula is C22H24Cl2N2O3S. The molecule has 160 valence electrons. The van der Waals surface area contributed by atoms with Crippen molar-refractivity contribution in [2.45, 2.75) is 31.6 Å². The highest BCUT2D eigenvalue weighted by molar-refractivity contribution is 7.88. The van der Waals surface area contributed by atoms with Gasteiger partial charge in [0.1, 0.15) is 0 Å². The first-order valence-corrected chi connectivity index (χ1v) is 12.5. The molecule has 5 nitrogen and oxygen atoms in total. The Labute approximate surface area is 187 Å². The number of nitrogens with zero attached hydrogens (tertiary/aromatic N) is 2. The van der Waals surface area contributed by atoms with Gasteiger partial charge in [0, 0.05) is 41.8 Å². The van der Waals surface area contributed by atoms with Crippen LogP contribution >= 0.6 is 23.2 Å². The first-order valence-electron chi connectivity index (χ1n) is 10.1. The van der Waals surface area contributed by atoms with Gasteiger partial charge in [-0.15, -0.1) is 0 Å². The predicted octanol–water partition coefficient (Wildman–Crippen LogP) is 4.12. The molecule has 1 amide bonds. The zero-order valence-electron chi connectivity index (χ0n) is 16.6. The third-order valence-electron chi connectivity index (χ3n) is 5.96. The van der Waals surface area contributed by atoms with Crippen LogP contribution in [0.3, 0.4) is 0 Å². The molecule has 0 radical (unpaired) electrons. The number of rotatable bonds is 4. The molecule has 2 aromatic rings. The number of fused-ring (bicyclic) bond motifs is 1. The van der Waals surface area contributed by atoms with Crippen molar-refractivity contribution in [3.63, 3.8) is 0 Å². The predicted molar refractivity (Wildman–Crippen MR) is 119 cm³/mol. The molecular weight excluding hydrogens is 443 g/mol. The summed E-state index contributed by atoms with van der Waals surface area (Å²) in [7, 11) is -3.63. The molecule has 1 saturated heterocycles. The van der Waals surface area contributed by atoms with Crippen molar-refractivity contribution in [2.24, 2.45) is 5.92 Å². The maximum atomic E-state index is 13.2. The zero-order chi connectivity index (χ0) is 21.3. The zero-order valence-corrected chi connectivity index (χ0v) is 18.9. The Morgan fingerprint density at radius 1 is 1.00 bits per heavy atom. The molecule has 0 aliphatic carbocycles. The first kappa shape index (κ1) is 21.6. The molecule has 0 unspecified atom stereocenters. The second kappa shape index (κ2) is 8.87. The number of carbonyl (C=O) groups is 1. The second-order valence-corrected chi connectivity index (χ2v) is 10.7. The highest BCUT2D eigenvalue weighted by Crippen LogP contribution is 2.30. The lowest BCUT2D eigenvalue weighted by atomic mass is 9.95. The van der Waals surface area contributed by atoms with E-state index >= 15 is 0 Å². The quantitative estimate of drug-likeness (QED) is 0.680. The summed E-state index contributed by atoms with van der Waals surface area (Å²) in [5, 5.41) is 0.672. The van der Waals surface area contributed by atoms with E-state index in [1.54, 1.807) is 18.2 Å². The molecule has 0 saturated carbocycles. The van der Waals surface area contributed by atoms with Gasteiger partial charge in [0.25, 0.3) is 0 Å². The van der Waals surface area contributed by atoms with Crippen LogP contribution < -0.4 is 0 Å². The van der Waals surface area contributed by atoms with E-state index in [2.05, 4.69) is 12.1 Å². The van der Waals surface area contributed by atoms with Crippen LogP contribution in [0.25, 0.3) is 0 Å². The van der Waals surface area contributed by atoms with Crippen molar-refractivity contribution < 1.29 is 13.2 Å². The minimum atomic E-state index is -3.63. The summed E-state index contributed by atoms with van der Waals surface area (Å²) < 4.78 is 27.5. The molecule has 2 heterocycles. The van der Waals surface area contributed by atoms with Crippen molar-refractivity contribution in [1.29, 1.82) is 0 Å². The highest BCUT2D eigenvalue weighted by Gasteiger charge is 2.35. The SMILES string of the molecule is O=C([C@H]1CCCN(S(=O)(=O)Cc2c(Cl)cccc2Cl)C1)N1CCc2ccccc2C1. The van der Waals surface area contributed by atoms with E-state index in [9.17, 15) is 13.2 Å². The van der Waals surface area contributed by atoms with Gasteiger partial charge < -0.3 is 4.90 Å². The molecule has 0 N–H and O–H groups in total. The van der Waals surface area contributed by atoms with Crippen LogP contribution in [0.2, 0.25) is 10.0 Å². The number of hydrogen-bond donors (Lipinski definition) is 0. The molecule has 30 heavy (non-hydrogen) atoms. The van der Waals surface area contributed by atoms with Crippen LogP contribution in [0.15, 0.2) is 42.5 Å². The van der Waals surface area contributed by atoms with Crippen LogP contribution in [-0.2, 0) is 33.5 Å². The van der Waals surface area contributed by atoms with Crippen molar-refractivity contribution in [3.8, 4) is 0 Å². The second-order valence-electron chi connectivity index (χ2n) is 7.93. The normalized spacial score (nSPS) is 20.1. The molecule has 2 aromatic carbocycles. The van der Waals surface area contributed by atoms with Crippen LogP contribution in [0.4, 0.5) is 0 Å². The number of piperidine rings is 1. The number of carbonyl (C=O) groups excluding carboxylic acids is 1. The smallest absolute Gasteiger partial charge is 0.227 e. The van der Waals surface area contributed by atoms with Crippen molar-refractivity contribution in [1.82, 2.24) is 9.21 Å². The molecule has 0 aromatic heterocycles. The maximum Gasteiger partial charge on any atom is 0.227 e. The molecule has 2 aliphatic heterocycles. The summed E-state index contributed by atoms with van der Waals surface area (Å²) >= 11 is 12.3. The molecule has 2 aliphatic rings. The summed E-state index contributed by atoms with van der Waals surface area (Å²) in [6, 6.07) is 13.1. The summed E-state index contributed by atoms with van der Waals surface area (Å²) in [6.45, 7) is 1.89. The maximum absolute atomic E-state index is 13.2. The minimum Gasteiger partial charge on any atom is -0.338 e. The monoisotopic (exact) mass is 466 g/mol. The third-order valence-corrected chi connectivity index (χ3v) is 8.44. The molecule has 1 fully saturated rings. The van der Waals surface area contributed by atoms with E-state index in [0.717, 1.165) is 6.42 Å². The standard InChI is InChI=1S/C22H24Cl2N2O3S/c23-20-8-3-9-21(24)19(20)15-30(28,29)26-11-4-7-18(14-26)22(27)25-12-10-16-5-1-2-6-17(16)13-25/h1-3,5-6,8-9,18H,4,7,10-15H2/t18-/m0/s1. The summed E-state index contributed by atoms with van der Waals surface area (Å²) in [5.41, 5.74) is 2.86. The Balaban J connectivity index is 1.46. The largest absolute Gasteiger partial charge is 0.338 e. The van der Waals surface area contributed by atoms with E-state index in [1.807, 2.05) is 17.0 Å². The fraction of sp³-hybridized carbons (Fsp3) is 0.409. The van der Waals surface area contributed by atoms with Gasteiger partial charge in [-0.05, 0) is 42.5 Å². The van der Waals surface area contributed by atoms with E-state index < -0.39 is 10.0 Å². The molecule has 8 heteroatoms. The van der Waals surface area contributed by atoms with Gasteiger partial charge in [-0.1, -0.05) is 53.5 Å². The van der Waals surface area contributed by atoms with Gasteiger partial charge in [0.05, 0.1) is 11.7 Å². The van der Waals surface area contributed by atoms with Gasteiger partial charge in [0.2, 0.25) is 15.9 Å². The number of benzene rings is 2.